The average molecular weight is 396 g/mol. The standard InChI is InChI=1S/C18H24N2O6S/c1-24-15-10-14(19-17(21)13-2-3-13)4-5-16(15)27(22,23)20-7-9-26-12-18(20)6-8-25-11-18/h4-5,10,13H,2-3,6-9,11-12H2,1H3,(H,19,21). The van der Waals surface area contributed by atoms with Crippen molar-refractivity contribution >= 4 is 21.6 Å². The molecule has 1 aliphatic carbocycles. The van der Waals surface area contributed by atoms with E-state index < -0.39 is 15.6 Å². The molecule has 8 nitrogen and oxygen atoms in total. The van der Waals surface area contributed by atoms with Crippen molar-refractivity contribution in [2.24, 2.45) is 5.92 Å². The largest absolute Gasteiger partial charge is 0.495 e. The highest BCUT2D eigenvalue weighted by atomic mass is 32.2. The summed E-state index contributed by atoms with van der Waals surface area (Å²) in [7, 11) is -2.38. The highest BCUT2D eigenvalue weighted by Crippen LogP contribution is 2.38. The quantitative estimate of drug-likeness (QED) is 0.804. The molecule has 0 radical (unpaired) electrons. The van der Waals surface area contributed by atoms with Gasteiger partial charge >= 0.3 is 0 Å². The minimum absolute atomic E-state index is 0.0390. The maximum absolute atomic E-state index is 13.4. The third kappa shape index (κ3) is 3.44. The first-order chi connectivity index (χ1) is 13.0. The Labute approximate surface area is 158 Å². The maximum Gasteiger partial charge on any atom is 0.247 e. The lowest BCUT2D eigenvalue weighted by molar-refractivity contribution is -0.117. The number of ether oxygens (including phenoxy) is 3. The number of nitrogens with one attached hydrogen (secondary N) is 1. The third-order valence-electron chi connectivity index (χ3n) is 5.37. The van der Waals surface area contributed by atoms with E-state index in [2.05, 4.69) is 5.32 Å². The van der Waals surface area contributed by atoms with Gasteiger partial charge in [0.2, 0.25) is 15.9 Å². The van der Waals surface area contributed by atoms with Crippen LogP contribution in [0.3, 0.4) is 0 Å². The molecule has 148 valence electrons. The molecule has 1 unspecified atom stereocenters. The molecule has 0 aromatic heterocycles. The fourth-order valence-electron chi connectivity index (χ4n) is 3.67. The second-order valence-corrected chi connectivity index (χ2v) is 9.12. The number of anilines is 1. The third-order valence-corrected chi connectivity index (χ3v) is 7.41. The van der Waals surface area contributed by atoms with Crippen molar-refractivity contribution in [3.8, 4) is 5.75 Å². The first-order valence-electron chi connectivity index (χ1n) is 9.13. The van der Waals surface area contributed by atoms with Crippen LogP contribution in [-0.2, 0) is 24.3 Å². The van der Waals surface area contributed by atoms with Crippen LogP contribution in [-0.4, -0.2) is 64.3 Å². The first-order valence-corrected chi connectivity index (χ1v) is 10.6. The summed E-state index contributed by atoms with van der Waals surface area (Å²) in [6, 6.07) is 4.66. The highest BCUT2D eigenvalue weighted by Gasteiger charge is 2.49. The van der Waals surface area contributed by atoms with Crippen molar-refractivity contribution in [2.45, 2.75) is 29.7 Å². The zero-order chi connectivity index (χ0) is 19.1. The zero-order valence-corrected chi connectivity index (χ0v) is 16.1. The van der Waals surface area contributed by atoms with Crippen LogP contribution in [0.5, 0.6) is 5.75 Å². The van der Waals surface area contributed by atoms with Crippen LogP contribution >= 0.6 is 0 Å². The number of benzene rings is 1. The molecule has 3 fully saturated rings. The molecule has 1 amide bonds. The normalized spacial score (nSPS) is 26.3. The highest BCUT2D eigenvalue weighted by molar-refractivity contribution is 7.89. The van der Waals surface area contributed by atoms with E-state index in [4.69, 9.17) is 14.2 Å². The number of carbonyl (C=O) groups excluding carboxylic acids is 1. The predicted octanol–water partition coefficient (Wildman–Crippen LogP) is 1.22. The van der Waals surface area contributed by atoms with Gasteiger partial charge in [-0.25, -0.2) is 8.42 Å². The lowest BCUT2D eigenvalue weighted by atomic mass is 9.99. The number of amides is 1. The lowest BCUT2D eigenvalue weighted by Crippen LogP contribution is -2.59. The number of nitrogens with zero attached hydrogens (tertiary/aromatic N) is 1. The number of sulfonamides is 1. The van der Waals surface area contributed by atoms with Crippen LogP contribution in [0.15, 0.2) is 23.1 Å². The summed E-state index contributed by atoms with van der Waals surface area (Å²) in [4.78, 5) is 12.1. The molecule has 1 N–H and O–H groups in total. The van der Waals surface area contributed by atoms with E-state index in [1.165, 1.54) is 17.5 Å². The van der Waals surface area contributed by atoms with Gasteiger partial charge in [-0.15, -0.1) is 0 Å². The number of carbonyl (C=O) groups is 1. The van der Waals surface area contributed by atoms with Gasteiger partial charge in [-0.05, 0) is 31.4 Å². The molecule has 9 heteroatoms. The number of hydrogen-bond acceptors (Lipinski definition) is 6. The molecular weight excluding hydrogens is 372 g/mol. The molecule has 1 aromatic rings. The molecule has 2 heterocycles. The Morgan fingerprint density at radius 3 is 2.63 bits per heavy atom. The van der Waals surface area contributed by atoms with Gasteiger partial charge in [0.1, 0.15) is 10.6 Å². The molecule has 1 aromatic carbocycles. The molecular formula is C18H24N2O6S. The Bertz CT molecular complexity index is 830. The number of hydrogen-bond donors (Lipinski definition) is 1. The summed E-state index contributed by atoms with van der Waals surface area (Å²) >= 11 is 0. The number of rotatable bonds is 5. The van der Waals surface area contributed by atoms with Crippen LogP contribution in [0.1, 0.15) is 19.3 Å². The molecule has 3 aliphatic rings. The van der Waals surface area contributed by atoms with Gasteiger partial charge in [0.25, 0.3) is 0 Å². The molecule has 1 spiro atoms. The van der Waals surface area contributed by atoms with Crippen molar-refractivity contribution in [3.05, 3.63) is 18.2 Å². The van der Waals surface area contributed by atoms with Gasteiger partial charge < -0.3 is 19.5 Å². The zero-order valence-electron chi connectivity index (χ0n) is 15.3. The summed E-state index contributed by atoms with van der Waals surface area (Å²) in [6.07, 6.45) is 2.40. The van der Waals surface area contributed by atoms with Gasteiger partial charge in [-0.2, -0.15) is 4.31 Å². The van der Waals surface area contributed by atoms with Crippen LogP contribution in [0, 0.1) is 5.92 Å². The van der Waals surface area contributed by atoms with E-state index in [9.17, 15) is 13.2 Å². The van der Waals surface area contributed by atoms with Crippen LogP contribution in [0.25, 0.3) is 0 Å². The second kappa shape index (κ2) is 7.05. The Kier molecular flexibility index (Phi) is 4.87. The van der Waals surface area contributed by atoms with E-state index >= 15 is 0 Å². The summed E-state index contributed by atoms with van der Waals surface area (Å²) < 4.78 is 44.7. The van der Waals surface area contributed by atoms with Gasteiger partial charge in [-0.1, -0.05) is 0 Å². The van der Waals surface area contributed by atoms with Crippen molar-refractivity contribution in [1.29, 1.82) is 0 Å². The maximum atomic E-state index is 13.4. The minimum Gasteiger partial charge on any atom is -0.495 e. The summed E-state index contributed by atoms with van der Waals surface area (Å²) in [5, 5.41) is 2.82. The van der Waals surface area contributed by atoms with Crippen LogP contribution < -0.4 is 10.1 Å². The van der Waals surface area contributed by atoms with Crippen molar-refractivity contribution in [1.82, 2.24) is 4.31 Å². The number of methoxy groups -OCH3 is 1. The fraction of sp³-hybridized carbons (Fsp3) is 0.611. The second-order valence-electron chi connectivity index (χ2n) is 7.29. The Balaban J connectivity index is 1.65. The molecule has 0 bridgehead atoms. The fourth-order valence-corrected chi connectivity index (χ4v) is 5.56. The monoisotopic (exact) mass is 396 g/mol. The Morgan fingerprint density at radius 2 is 2.00 bits per heavy atom. The smallest absolute Gasteiger partial charge is 0.247 e. The molecule has 1 atom stereocenters. The molecule has 27 heavy (non-hydrogen) atoms. The lowest BCUT2D eigenvalue weighted by Gasteiger charge is -2.42. The average Bonchev–Trinajstić information content (AvgIpc) is 3.43. The van der Waals surface area contributed by atoms with Crippen molar-refractivity contribution < 1.29 is 27.4 Å². The summed E-state index contributed by atoms with van der Waals surface area (Å²) in [5.74, 6) is 0.238. The molecule has 1 saturated carbocycles. The van der Waals surface area contributed by atoms with E-state index in [-0.39, 0.29) is 29.0 Å². The summed E-state index contributed by atoms with van der Waals surface area (Å²) in [6.45, 7) is 1.78. The van der Waals surface area contributed by atoms with Crippen LogP contribution in [0.2, 0.25) is 0 Å². The van der Waals surface area contributed by atoms with Gasteiger partial charge in [0.15, 0.2) is 0 Å². The Hall–Kier alpha value is -1.68. The first kappa shape index (κ1) is 18.7. The van der Waals surface area contributed by atoms with E-state index in [0.29, 0.717) is 38.5 Å². The van der Waals surface area contributed by atoms with E-state index in [0.717, 1.165) is 12.8 Å². The van der Waals surface area contributed by atoms with Crippen molar-refractivity contribution in [2.75, 3.05) is 45.4 Å². The minimum atomic E-state index is -3.81. The topological polar surface area (TPSA) is 94.2 Å². The van der Waals surface area contributed by atoms with E-state index in [1.807, 2.05) is 0 Å². The van der Waals surface area contributed by atoms with Gasteiger partial charge in [0.05, 0.1) is 32.5 Å². The van der Waals surface area contributed by atoms with E-state index in [1.54, 1.807) is 12.1 Å². The predicted molar refractivity (Wildman–Crippen MR) is 97.2 cm³/mol. The molecule has 2 saturated heterocycles. The SMILES string of the molecule is COc1cc(NC(=O)C2CC2)ccc1S(=O)(=O)N1CCOCC12CCOC2. The molecule has 4 rings (SSSR count). The number of morpholine rings is 1. The van der Waals surface area contributed by atoms with Crippen molar-refractivity contribution in [3.63, 3.8) is 0 Å². The summed E-state index contributed by atoms with van der Waals surface area (Å²) in [5.41, 5.74) is -0.135. The van der Waals surface area contributed by atoms with Crippen LogP contribution in [0.4, 0.5) is 5.69 Å². The molecule has 2 aliphatic heterocycles. The Morgan fingerprint density at radius 1 is 1.26 bits per heavy atom. The van der Waals surface area contributed by atoms with Gasteiger partial charge in [0, 0.05) is 30.8 Å². The van der Waals surface area contributed by atoms with Gasteiger partial charge in [-0.3, -0.25) is 4.79 Å².